The molecule has 4 rings (SSSR count). The van der Waals surface area contributed by atoms with Gasteiger partial charge in [0.25, 0.3) is 5.56 Å². The number of pyridine rings is 1. The van der Waals surface area contributed by atoms with Gasteiger partial charge in [-0.25, -0.2) is 9.55 Å². The first-order valence-corrected chi connectivity index (χ1v) is 10.1. The number of aryl methyl sites for hydroxylation is 1. The Labute approximate surface area is 173 Å². The van der Waals surface area contributed by atoms with Crippen LogP contribution in [0.4, 0.5) is 5.69 Å². The largest absolute Gasteiger partial charge is 0.394 e. The first kappa shape index (κ1) is 20.0. The fourth-order valence-corrected chi connectivity index (χ4v) is 3.69. The zero-order valence-corrected chi connectivity index (χ0v) is 16.8. The number of nitrogens with zero attached hydrogens (tertiary/aromatic N) is 5. The van der Waals surface area contributed by atoms with E-state index in [0.717, 1.165) is 36.9 Å². The molecule has 9 heteroatoms. The first-order valence-electron chi connectivity index (χ1n) is 10.1. The van der Waals surface area contributed by atoms with E-state index in [1.165, 1.54) is 23.2 Å². The highest BCUT2D eigenvalue weighted by Gasteiger charge is 2.25. The molecule has 1 unspecified atom stereocenters. The van der Waals surface area contributed by atoms with Gasteiger partial charge in [0.05, 0.1) is 18.8 Å². The van der Waals surface area contributed by atoms with Crippen LogP contribution in [0.3, 0.4) is 0 Å². The van der Waals surface area contributed by atoms with Crippen LogP contribution in [0.1, 0.15) is 31.9 Å². The molecule has 9 nitrogen and oxygen atoms in total. The highest BCUT2D eigenvalue weighted by molar-refractivity contribution is 5.98. The molecule has 3 aromatic rings. The van der Waals surface area contributed by atoms with Gasteiger partial charge >= 0.3 is 0 Å². The number of fused-ring (bicyclic) bond motifs is 4. The molecule has 156 valence electrons. The molecule has 1 amide bonds. The molecule has 3 aromatic heterocycles. The summed E-state index contributed by atoms with van der Waals surface area (Å²) >= 11 is 0. The minimum atomic E-state index is -0.315. The summed E-state index contributed by atoms with van der Waals surface area (Å²) in [6, 6.07) is 5.15. The van der Waals surface area contributed by atoms with Crippen molar-refractivity contribution < 1.29 is 9.90 Å². The zero-order valence-electron chi connectivity index (χ0n) is 16.8. The highest BCUT2D eigenvalue weighted by atomic mass is 16.3. The van der Waals surface area contributed by atoms with Crippen LogP contribution in [0, 0.1) is 5.92 Å². The number of rotatable bonds is 3. The topological polar surface area (TPSA) is 115 Å². The Kier molecular flexibility index (Phi) is 5.71. The molecule has 0 saturated heterocycles. The Bertz CT molecular complexity index is 1120. The summed E-state index contributed by atoms with van der Waals surface area (Å²) in [5, 5.41) is 17.2. The van der Waals surface area contributed by atoms with Gasteiger partial charge in [0.15, 0.2) is 5.82 Å². The van der Waals surface area contributed by atoms with E-state index in [1.807, 2.05) is 19.1 Å². The van der Waals surface area contributed by atoms with Crippen LogP contribution in [0.2, 0.25) is 0 Å². The monoisotopic (exact) mass is 408 g/mol. The van der Waals surface area contributed by atoms with Crippen LogP contribution in [-0.2, 0) is 17.8 Å². The minimum absolute atomic E-state index is 0.132. The van der Waals surface area contributed by atoms with Crippen LogP contribution < -0.4 is 10.9 Å². The summed E-state index contributed by atoms with van der Waals surface area (Å²) in [7, 11) is 0. The van der Waals surface area contributed by atoms with Gasteiger partial charge in [-0.2, -0.15) is 5.10 Å². The molecular formula is C21H24N6O3. The fraction of sp³-hybridized carbons (Fsp3) is 0.381. The fourth-order valence-electron chi connectivity index (χ4n) is 3.69. The summed E-state index contributed by atoms with van der Waals surface area (Å²) in [6.07, 6.45) is 7.97. The molecule has 0 aromatic carbocycles. The van der Waals surface area contributed by atoms with Crippen molar-refractivity contribution in [1.29, 1.82) is 0 Å². The number of aromatic nitrogens is 5. The SMILES string of the molecule is CC1CCCCc2cc(ccn2)-c2c(c(-n3cnccc3=O)nn2CCO)NC1=O. The number of aliphatic hydroxyl groups is 1. The standard InChI is InChI=1S/C21H24N6O3/c1-14-4-2-3-5-16-12-15(6-9-23-16)19-18(24-21(14)30)20(25-27(19)10-11-28)26-13-22-8-7-17(26)29/h6-9,12-14,28H,2-5,10-11H2,1H3,(H,24,30). The number of hydrogen-bond acceptors (Lipinski definition) is 6. The van der Waals surface area contributed by atoms with Gasteiger partial charge in [0.2, 0.25) is 5.91 Å². The molecule has 30 heavy (non-hydrogen) atoms. The van der Waals surface area contributed by atoms with Crippen LogP contribution >= 0.6 is 0 Å². The van der Waals surface area contributed by atoms with E-state index >= 15 is 0 Å². The van der Waals surface area contributed by atoms with Crippen molar-refractivity contribution in [1.82, 2.24) is 24.3 Å². The summed E-state index contributed by atoms with van der Waals surface area (Å²) in [6.45, 7) is 1.96. The van der Waals surface area contributed by atoms with Gasteiger partial charge in [-0.3, -0.25) is 19.3 Å². The van der Waals surface area contributed by atoms with Crippen LogP contribution in [0.15, 0.2) is 41.7 Å². The molecule has 1 aliphatic rings. The summed E-state index contributed by atoms with van der Waals surface area (Å²) in [4.78, 5) is 33.9. The van der Waals surface area contributed by atoms with Gasteiger partial charge < -0.3 is 10.4 Å². The third kappa shape index (κ3) is 3.88. The average Bonchev–Trinajstić information content (AvgIpc) is 3.08. The third-order valence-corrected chi connectivity index (χ3v) is 5.30. The lowest BCUT2D eigenvalue weighted by Crippen LogP contribution is -2.23. The molecule has 0 spiro atoms. The molecule has 2 bridgehead atoms. The molecule has 0 saturated carbocycles. The van der Waals surface area contributed by atoms with Gasteiger partial charge in [-0.1, -0.05) is 13.3 Å². The quantitative estimate of drug-likeness (QED) is 0.683. The molecule has 2 N–H and O–H groups in total. The third-order valence-electron chi connectivity index (χ3n) is 5.30. The molecule has 0 aliphatic carbocycles. The van der Waals surface area contributed by atoms with Gasteiger partial charge in [-0.15, -0.1) is 0 Å². The maximum atomic E-state index is 12.9. The van der Waals surface area contributed by atoms with E-state index in [0.29, 0.717) is 11.4 Å². The summed E-state index contributed by atoms with van der Waals surface area (Å²) < 4.78 is 2.91. The molecular weight excluding hydrogens is 384 g/mol. The van der Waals surface area contributed by atoms with Crippen molar-refractivity contribution >= 4 is 11.6 Å². The Balaban J connectivity index is 1.98. The molecule has 4 heterocycles. The predicted molar refractivity (Wildman–Crippen MR) is 111 cm³/mol. The predicted octanol–water partition coefficient (Wildman–Crippen LogP) is 1.78. The van der Waals surface area contributed by atoms with Crippen molar-refractivity contribution in [3.63, 3.8) is 0 Å². The van der Waals surface area contributed by atoms with Crippen molar-refractivity contribution in [2.24, 2.45) is 5.92 Å². The second-order valence-electron chi connectivity index (χ2n) is 7.45. The summed E-state index contributed by atoms with van der Waals surface area (Å²) in [5.74, 6) is -0.0522. The van der Waals surface area contributed by atoms with E-state index in [2.05, 4.69) is 20.4 Å². The van der Waals surface area contributed by atoms with Crippen molar-refractivity contribution in [3.05, 3.63) is 53.0 Å². The van der Waals surface area contributed by atoms with Gasteiger partial charge in [0.1, 0.15) is 12.0 Å². The van der Waals surface area contributed by atoms with Crippen molar-refractivity contribution in [3.8, 4) is 17.1 Å². The van der Waals surface area contributed by atoms with E-state index < -0.39 is 0 Å². The lowest BCUT2D eigenvalue weighted by molar-refractivity contribution is -0.119. The lowest BCUT2D eigenvalue weighted by Gasteiger charge is -2.16. The Morgan fingerprint density at radius 3 is 2.90 bits per heavy atom. The number of nitrogens with one attached hydrogen (secondary N) is 1. The van der Waals surface area contributed by atoms with Gasteiger partial charge in [0, 0.05) is 35.6 Å². The number of amides is 1. The molecule has 1 aliphatic heterocycles. The van der Waals surface area contributed by atoms with E-state index in [9.17, 15) is 14.7 Å². The van der Waals surface area contributed by atoms with E-state index in [-0.39, 0.29) is 36.4 Å². The highest BCUT2D eigenvalue weighted by Crippen LogP contribution is 2.34. The van der Waals surface area contributed by atoms with Crippen molar-refractivity contribution in [2.75, 3.05) is 11.9 Å². The Hall–Kier alpha value is -3.33. The van der Waals surface area contributed by atoms with E-state index in [4.69, 9.17) is 0 Å². The lowest BCUT2D eigenvalue weighted by atomic mass is 9.99. The second kappa shape index (κ2) is 8.58. The first-order chi connectivity index (χ1) is 14.6. The average molecular weight is 408 g/mol. The molecule has 1 atom stereocenters. The number of aliphatic hydroxyl groups excluding tert-OH is 1. The second-order valence-corrected chi connectivity index (χ2v) is 7.45. The van der Waals surface area contributed by atoms with Crippen LogP contribution in [0.5, 0.6) is 0 Å². The maximum Gasteiger partial charge on any atom is 0.259 e. The normalized spacial score (nSPS) is 16.9. The number of carbonyl (C=O) groups excluding carboxylic acids is 1. The zero-order chi connectivity index (χ0) is 21.1. The number of anilines is 1. The van der Waals surface area contributed by atoms with Gasteiger partial charge in [-0.05, 0) is 31.4 Å². The van der Waals surface area contributed by atoms with Crippen LogP contribution in [-0.4, -0.2) is 41.9 Å². The summed E-state index contributed by atoms with van der Waals surface area (Å²) in [5.41, 5.74) is 2.50. The Morgan fingerprint density at radius 1 is 1.23 bits per heavy atom. The van der Waals surface area contributed by atoms with Crippen LogP contribution in [0.25, 0.3) is 17.1 Å². The Morgan fingerprint density at radius 2 is 2.10 bits per heavy atom. The van der Waals surface area contributed by atoms with Crippen molar-refractivity contribution in [2.45, 2.75) is 39.2 Å². The maximum absolute atomic E-state index is 12.9. The molecule has 0 radical (unpaired) electrons. The number of carbonyl (C=O) groups is 1. The number of hydrogen-bond donors (Lipinski definition) is 2. The smallest absolute Gasteiger partial charge is 0.259 e. The molecule has 0 fully saturated rings. The van der Waals surface area contributed by atoms with E-state index in [1.54, 1.807) is 10.9 Å². The minimum Gasteiger partial charge on any atom is -0.394 e.